The van der Waals surface area contributed by atoms with Crippen LogP contribution in [0.5, 0.6) is 0 Å². The first-order valence-electron chi connectivity index (χ1n) is 8.99. The highest BCUT2D eigenvalue weighted by atomic mass is 16.2. The number of nitrogens with one attached hydrogen (secondary N) is 1. The van der Waals surface area contributed by atoms with Gasteiger partial charge in [0.25, 0.3) is 0 Å². The van der Waals surface area contributed by atoms with Crippen LogP contribution in [-0.2, 0) is 4.79 Å². The third-order valence-electron chi connectivity index (χ3n) is 5.12. The number of hydrogen-bond acceptors (Lipinski definition) is 3. The Morgan fingerprint density at radius 3 is 2.72 bits per heavy atom. The number of pyridine rings is 1. The molecule has 2 aliphatic heterocycles. The standard InChI is InChI=1S/C18H23N5O2/c24-17(20-16-7-3-6-15-19-8-12-23(15)16)14-5-4-11-22(13-14)18(25)21-9-1-2-10-21/h3,6-8,12,14H,1-2,4-5,9-11,13H2,(H,20,24). The van der Waals surface area contributed by atoms with Crippen molar-refractivity contribution in [3.8, 4) is 0 Å². The van der Waals surface area contributed by atoms with Crippen LogP contribution in [0.2, 0.25) is 0 Å². The van der Waals surface area contributed by atoms with Crippen LogP contribution >= 0.6 is 0 Å². The topological polar surface area (TPSA) is 70.0 Å². The average molecular weight is 341 g/mol. The van der Waals surface area contributed by atoms with Crippen molar-refractivity contribution in [3.63, 3.8) is 0 Å². The summed E-state index contributed by atoms with van der Waals surface area (Å²) in [5.74, 6) is 0.516. The van der Waals surface area contributed by atoms with Gasteiger partial charge in [0.2, 0.25) is 5.91 Å². The number of fused-ring (bicyclic) bond motifs is 1. The summed E-state index contributed by atoms with van der Waals surface area (Å²) >= 11 is 0. The normalized spacial score (nSPS) is 20.9. The number of rotatable bonds is 2. The molecular weight excluding hydrogens is 318 g/mol. The maximum Gasteiger partial charge on any atom is 0.320 e. The number of aromatic nitrogens is 2. The molecule has 0 aliphatic carbocycles. The Labute approximate surface area is 146 Å². The summed E-state index contributed by atoms with van der Waals surface area (Å²) in [5, 5.41) is 3.00. The van der Waals surface area contributed by atoms with Crippen molar-refractivity contribution in [2.75, 3.05) is 31.5 Å². The largest absolute Gasteiger partial charge is 0.325 e. The summed E-state index contributed by atoms with van der Waals surface area (Å²) in [4.78, 5) is 33.3. The maximum atomic E-state index is 12.7. The molecule has 2 saturated heterocycles. The second-order valence-corrected chi connectivity index (χ2v) is 6.82. The van der Waals surface area contributed by atoms with Crippen LogP contribution in [0.15, 0.2) is 30.6 Å². The van der Waals surface area contributed by atoms with Gasteiger partial charge in [0.15, 0.2) is 0 Å². The summed E-state index contributed by atoms with van der Waals surface area (Å²) in [7, 11) is 0. The van der Waals surface area contributed by atoms with E-state index in [2.05, 4.69) is 10.3 Å². The van der Waals surface area contributed by atoms with Gasteiger partial charge in [-0.3, -0.25) is 9.20 Å². The summed E-state index contributed by atoms with van der Waals surface area (Å²) < 4.78 is 1.86. The summed E-state index contributed by atoms with van der Waals surface area (Å²) in [6, 6.07) is 5.73. The molecule has 0 bridgehead atoms. The van der Waals surface area contributed by atoms with E-state index in [1.165, 1.54) is 0 Å². The fourth-order valence-electron chi connectivity index (χ4n) is 3.75. The number of urea groups is 1. The maximum absolute atomic E-state index is 12.7. The van der Waals surface area contributed by atoms with Crippen molar-refractivity contribution in [1.29, 1.82) is 0 Å². The lowest BCUT2D eigenvalue weighted by atomic mass is 9.97. The fraction of sp³-hybridized carbons (Fsp3) is 0.500. The molecule has 2 fully saturated rings. The first-order chi connectivity index (χ1) is 12.2. The SMILES string of the molecule is O=C(Nc1cccc2nccn12)C1CCCN(C(=O)N2CCCC2)C1. The van der Waals surface area contributed by atoms with E-state index in [4.69, 9.17) is 0 Å². The van der Waals surface area contributed by atoms with Gasteiger partial charge < -0.3 is 15.1 Å². The number of carbonyl (C=O) groups excluding carboxylic acids is 2. The Kier molecular flexibility index (Phi) is 4.29. The zero-order chi connectivity index (χ0) is 17.2. The summed E-state index contributed by atoms with van der Waals surface area (Å²) in [6.45, 7) is 2.93. The van der Waals surface area contributed by atoms with Gasteiger partial charge in [-0.1, -0.05) is 6.07 Å². The van der Waals surface area contributed by atoms with Crippen LogP contribution < -0.4 is 5.32 Å². The number of likely N-dealkylation sites (tertiary alicyclic amines) is 2. The molecule has 0 aromatic carbocycles. The molecular formula is C18H23N5O2. The molecule has 2 aliphatic rings. The van der Waals surface area contributed by atoms with Crippen LogP contribution in [0.3, 0.4) is 0 Å². The van der Waals surface area contributed by atoms with Crippen LogP contribution in [0.4, 0.5) is 10.6 Å². The van der Waals surface area contributed by atoms with E-state index >= 15 is 0 Å². The molecule has 25 heavy (non-hydrogen) atoms. The van der Waals surface area contributed by atoms with Crippen LogP contribution in [0.1, 0.15) is 25.7 Å². The van der Waals surface area contributed by atoms with Crippen molar-refractivity contribution in [2.45, 2.75) is 25.7 Å². The van der Waals surface area contributed by atoms with E-state index in [1.54, 1.807) is 6.20 Å². The fourth-order valence-corrected chi connectivity index (χ4v) is 3.75. The minimum absolute atomic E-state index is 0.0277. The second-order valence-electron chi connectivity index (χ2n) is 6.82. The third kappa shape index (κ3) is 3.18. The highest BCUT2D eigenvalue weighted by molar-refractivity contribution is 5.92. The molecule has 4 rings (SSSR count). The molecule has 4 heterocycles. The van der Waals surface area contributed by atoms with Crippen molar-refractivity contribution >= 4 is 23.4 Å². The van der Waals surface area contributed by atoms with E-state index in [1.807, 2.05) is 38.6 Å². The molecule has 0 spiro atoms. The predicted octanol–water partition coefficient (Wildman–Crippen LogP) is 2.20. The van der Waals surface area contributed by atoms with E-state index in [0.717, 1.165) is 51.0 Å². The van der Waals surface area contributed by atoms with Crippen LogP contribution in [-0.4, -0.2) is 57.3 Å². The first-order valence-corrected chi connectivity index (χ1v) is 8.99. The van der Waals surface area contributed by atoms with Crippen LogP contribution in [0.25, 0.3) is 5.65 Å². The van der Waals surface area contributed by atoms with E-state index in [0.29, 0.717) is 12.4 Å². The molecule has 132 valence electrons. The lowest BCUT2D eigenvalue weighted by Crippen LogP contribution is -2.48. The van der Waals surface area contributed by atoms with Gasteiger partial charge in [0, 0.05) is 38.6 Å². The molecule has 1 unspecified atom stereocenters. The number of carbonyl (C=O) groups is 2. The second kappa shape index (κ2) is 6.74. The molecule has 0 saturated carbocycles. The van der Waals surface area contributed by atoms with Crippen LogP contribution in [0, 0.1) is 5.92 Å². The first kappa shape index (κ1) is 15.9. The van der Waals surface area contributed by atoms with Gasteiger partial charge in [-0.25, -0.2) is 9.78 Å². The van der Waals surface area contributed by atoms with Crippen molar-refractivity contribution in [1.82, 2.24) is 19.2 Å². The third-order valence-corrected chi connectivity index (χ3v) is 5.12. The highest BCUT2D eigenvalue weighted by Gasteiger charge is 2.31. The molecule has 2 aromatic rings. The van der Waals surface area contributed by atoms with E-state index < -0.39 is 0 Å². The number of amides is 3. The number of hydrogen-bond donors (Lipinski definition) is 1. The lowest BCUT2D eigenvalue weighted by molar-refractivity contribution is -0.121. The van der Waals surface area contributed by atoms with Gasteiger partial charge in [-0.05, 0) is 37.8 Å². The quantitative estimate of drug-likeness (QED) is 0.910. The minimum atomic E-state index is -0.168. The Morgan fingerprint density at radius 1 is 1.08 bits per heavy atom. The Balaban J connectivity index is 1.43. The smallest absolute Gasteiger partial charge is 0.320 e. The molecule has 3 amide bonds. The van der Waals surface area contributed by atoms with Gasteiger partial charge in [0.05, 0.1) is 5.92 Å². The van der Waals surface area contributed by atoms with Gasteiger partial charge >= 0.3 is 6.03 Å². The molecule has 2 aromatic heterocycles. The Bertz CT molecular complexity index is 781. The number of imidazole rings is 1. The van der Waals surface area contributed by atoms with E-state index in [9.17, 15) is 9.59 Å². The minimum Gasteiger partial charge on any atom is -0.325 e. The Hall–Kier alpha value is -2.57. The Morgan fingerprint density at radius 2 is 1.88 bits per heavy atom. The summed E-state index contributed by atoms with van der Waals surface area (Å²) in [6.07, 6.45) is 7.39. The number of nitrogens with zero attached hydrogens (tertiary/aromatic N) is 4. The molecule has 7 nitrogen and oxygen atoms in total. The monoisotopic (exact) mass is 341 g/mol. The van der Waals surface area contributed by atoms with E-state index in [-0.39, 0.29) is 17.9 Å². The van der Waals surface area contributed by atoms with Crippen molar-refractivity contribution in [3.05, 3.63) is 30.6 Å². The van der Waals surface area contributed by atoms with Crippen molar-refractivity contribution < 1.29 is 9.59 Å². The van der Waals surface area contributed by atoms with Gasteiger partial charge in [0.1, 0.15) is 11.5 Å². The predicted molar refractivity (Wildman–Crippen MR) is 94.3 cm³/mol. The number of piperidine rings is 1. The zero-order valence-corrected chi connectivity index (χ0v) is 14.2. The zero-order valence-electron chi connectivity index (χ0n) is 14.2. The van der Waals surface area contributed by atoms with Gasteiger partial charge in [-0.2, -0.15) is 0 Å². The molecule has 0 radical (unpaired) electrons. The highest BCUT2D eigenvalue weighted by Crippen LogP contribution is 2.21. The number of anilines is 1. The van der Waals surface area contributed by atoms with Gasteiger partial charge in [-0.15, -0.1) is 0 Å². The molecule has 1 atom stereocenters. The molecule has 7 heteroatoms. The average Bonchev–Trinajstić information content (AvgIpc) is 3.33. The lowest BCUT2D eigenvalue weighted by Gasteiger charge is -2.34. The molecule has 1 N–H and O–H groups in total. The van der Waals surface area contributed by atoms with Crippen molar-refractivity contribution in [2.24, 2.45) is 5.92 Å². The summed E-state index contributed by atoms with van der Waals surface area (Å²) in [5.41, 5.74) is 0.798.